The van der Waals surface area contributed by atoms with E-state index < -0.39 is 23.4 Å². The molecule has 3 aromatic rings. The van der Waals surface area contributed by atoms with Gasteiger partial charge in [0.25, 0.3) is 0 Å². The highest BCUT2D eigenvalue weighted by molar-refractivity contribution is 5.56. The molecule has 0 saturated carbocycles. The van der Waals surface area contributed by atoms with Crippen molar-refractivity contribution in [3.63, 3.8) is 0 Å². The van der Waals surface area contributed by atoms with Crippen molar-refractivity contribution in [3.05, 3.63) is 77.0 Å². The number of halogens is 5. The third-order valence-electron chi connectivity index (χ3n) is 3.68. The van der Waals surface area contributed by atoms with Crippen LogP contribution in [0.25, 0.3) is 11.4 Å². The predicted molar refractivity (Wildman–Crippen MR) is 87.9 cm³/mol. The molecular formula is C19H13F5N2O. The van der Waals surface area contributed by atoms with Gasteiger partial charge in [-0.3, -0.25) is 0 Å². The summed E-state index contributed by atoms with van der Waals surface area (Å²) in [4.78, 5) is 8.31. The van der Waals surface area contributed by atoms with Crippen molar-refractivity contribution in [2.45, 2.75) is 19.7 Å². The fourth-order valence-corrected chi connectivity index (χ4v) is 2.36. The summed E-state index contributed by atoms with van der Waals surface area (Å²) in [6.45, 7) is 1.40. The maximum atomic E-state index is 13.7. The zero-order chi connectivity index (χ0) is 19.6. The molecular weight excluding hydrogens is 367 g/mol. The number of hydrogen-bond acceptors (Lipinski definition) is 3. The highest BCUT2D eigenvalue weighted by Crippen LogP contribution is 2.30. The molecule has 2 aromatic carbocycles. The molecule has 0 aliphatic heterocycles. The van der Waals surface area contributed by atoms with Crippen LogP contribution in [-0.2, 0) is 12.8 Å². The Balaban J connectivity index is 1.83. The molecule has 3 nitrogen and oxygen atoms in total. The Morgan fingerprint density at radius 2 is 1.63 bits per heavy atom. The second-order valence-electron chi connectivity index (χ2n) is 5.77. The van der Waals surface area contributed by atoms with E-state index in [4.69, 9.17) is 4.74 Å². The summed E-state index contributed by atoms with van der Waals surface area (Å²) in [5.41, 5.74) is 0.113. The van der Waals surface area contributed by atoms with E-state index in [1.807, 2.05) is 0 Å². The Labute approximate surface area is 151 Å². The van der Waals surface area contributed by atoms with Crippen molar-refractivity contribution in [2.75, 3.05) is 0 Å². The van der Waals surface area contributed by atoms with Crippen molar-refractivity contribution in [1.29, 1.82) is 0 Å². The topological polar surface area (TPSA) is 35.0 Å². The maximum absolute atomic E-state index is 13.7. The van der Waals surface area contributed by atoms with Crippen molar-refractivity contribution in [1.82, 2.24) is 9.97 Å². The van der Waals surface area contributed by atoms with Gasteiger partial charge in [0.2, 0.25) is 5.88 Å². The fraction of sp³-hybridized carbons (Fsp3) is 0.158. The van der Waals surface area contributed by atoms with Crippen LogP contribution in [0.4, 0.5) is 22.0 Å². The molecule has 0 aliphatic carbocycles. The average Bonchev–Trinajstić information content (AvgIpc) is 2.61. The van der Waals surface area contributed by atoms with Gasteiger partial charge < -0.3 is 4.74 Å². The van der Waals surface area contributed by atoms with E-state index in [1.165, 1.54) is 18.2 Å². The van der Waals surface area contributed by atoms with Crippen LogP contribution >= 0.6 is 0 Å². The molecule has 0 unspecified atom stereocenters. The van der Waals surface area contributed by atoms with Crippen LogP contribution in [0.15, 0.2) is 48.5 Å². The zero-order valence-corrected chi connectivity index (χ0v) is 14.0. The minimum atomic E-state index is -4.44. The minimum Gasteiger partial charge on any atom is -0.473 e. The van der Waals surface area contributed by atoms with Crippen LogP contribution in [-0.4, -0.2) is 9.97 Å². The summed E-state index contributed by atoms with van der Waals surface area (Å²) in [7, 11) is 0. The first-order valence-corrected chi connectivity index (χ1v) is 7.82. The molecule has 0 amide bonds. The van der Waals surface area contributed by atoms with Gasteiger partial charge in [0.05, 0.1) is 5.56 Å². The number of ether oxygens (including phenoxy) is 1. The van der Waals surface area contributed by atoms with Crippen molar-refractivity contribution < 1.29 is 26.7 Å². The largest absolute Gasteiger partial charge is 0.473 e. The lowest BCUT2D eigenvalue weighted by Gasteiger charge is -2.10. The van der Waals surface area contributed by atoms with E-state index in [0.717, 1.165) is 30.3 Å². The van der Waals surface area contributed by atoms with Gasteiger partial charge in [0, 0.05) is 22.9 Å². The molecule has 1 heterocycles. The van der Waals surface area contributed by atoms with Gasteiger partial charge in [0.15, 0.2) is 5.82 Å². The van der Waals surface area contributed by atoms with E-state index in [9.17, 15) is 22.0 Å². The number of rotatable bonds is 4. The number of aromatic nitrogens is 2. The third-order valence-corrected chi connectivity index (χ3v) is 3.68. The zero-order valence-electron chi connectivity index (χ0n) is 14.0. The van der Waals surface area contributed by atoms with E-state index in [-0.39, 0.29) is 23.9 Å². The predicted octanol–water partition coefficient (Wildman–Crippen LogP) is 5.33. The van der Waals surface area contributed by atoms with E-state index in [2.05, 4.69) is 9.97 Å². The molecule has 0 saturated heterocycles. The van der Waals surface area contributed by atoms with Crippen LogP contribution in [0.1, 0.15) is 16.8 Å². The number of hydrogen-bond donors (Lipinski definition) is 0. The molecule has 0 N–H and O–H groups in total. The summed E-state index contributed by atoms with van der Waals surface area (Å²) in [6.07, 6.45) is -4.44. The molecule has 0 bridgehead atoms. The van der Waals surface area contributed by atoms with Crippen LogP contribution in [0.3, 0.4) is 0 Å². The Hall–Kier alpha value is -3.03. The van der Waals surface area contributed by atoms with E-state index in [0.29, 0.717) is 11.3 Å². The molecule has 3 rings (SSSR count). The minimum absolute atomic E-state index is 0.0161. The van der Waals surface area contributed by atoms with Gasteiger partial charge in [-0.25, -0.2) is 13.8 Å². The Bertz CT molecular complexity index is 955. The van der Waals surface area contributed by atoms with Gasteiger partial charge in [-0.05, 0) is 37.3 Å². The number of nitrogens with zero attached hydrogens (tertiary/aromatic N) is 2. The molecule has 0 radical (unpaired) electrons. The second kappa shape index (κ2) is 7.30. The second-order valence-corrected chi connectivity index (χ2v) is 5.77. The monoisotopic (exact) mass is 380 g/mol. The molecule has 0 atom stereocenters. The Kier molecular flexibility index (Phi) is 5.07. The maximum Gasteiger partial charge on any atom is 0.416 e. The average molecular weight is 380 g/mol. The van der Waals surface area contributed by atoms with Crippen molar-refractivity contribution >= 4 is 0 Å². The SMILES string of the molecule is Cc1cc(OCc2cc(F)ccc2F)nc(-c2ccc(C(F)(F)F)cc2)n1. The smallest absolute Gasteiger partial charge is 0.416 e. The molecule has 0 spiro atoms. The van der Waals surface area contributed by atoms with Crippen LogP contribution in [0.2, 0.25) is 0 Å². The van der Waals surface area contributed by atoms with Gasteiger partial charge in [0.1, 0.15) is 18.2 Å². The van der Waals surface area contributed by atoms with Crippen molar-refractivity contribution in [3.8, 4) is 17.3 Å². The van der Waals surface area contributed by atoms with Crippen molar-refractivity contribution in [2.24, 2.45) is 0 Å². The quantitative estimate of drug-likeness (QED) is 0.574. The highest BCUT2D eigenvalue weighted by Gasteiger charge is 2.30. The van der Waals surface area contributed by atoms with Gasteiger partial charge in [-0.15, -0.1) is 0 Å². The highest BCUT2D eigenvalue weighted by atomic mass is 19.4. The fourth-order valence-electron chi connectivity index (χ4n) is 2.36. The molecule has 0 aliphatic rings. The first-order valence-electron chi connectivity index (χ1n) is 7.82. The van der Waals surface area contributed by atoms with E-state index >= 15 is 0 Å². The molecule has 0 fully saturated rings. The number of alkyl halides is 3. The van der Waals surface area contributed by atoms with Gasteiger partial charge >= 0.3 is 6.18 Å². The lowest BCUT2D eigenvalue weighted by atomic mass is 10.1. The van der Waals surface area contributed by atoms with Gasteiger partial charge in [-0.1, -0.05) is 12.1 Å². The lowest BCUT2D eigenvalue weighted by molar-refractivity contribution is -0.137. The van der Waals surface area contributed by atoms with Crippen LogP contribution in [0.5, 0.6) is 5.88 Å². The summed E-state index contributed by atoms with van der Waals surface area (Å²) in [6, 6.07) is 8.88. The summed E-state index contributed by atoms with van der Waals surface area (Å²) in [5.74, 6) is -0.955. The first-order chi connectivity index (χ1) is 12.7. The summed E-state index contributed by atoms with van der Waals surface area (Å²) in [5, 5.41) is 0. The third kappa shape index (κ3) is 4.58. The summed E-state index contributed by atoms with van der Waals surface area (Å²) < 4.78 is 70.3. The molecule has 140 valence electrons. The molecule has 8 heteroatoms. The standard InChI is InChI=1S/C19H13F5N2O/c1-11-8-17(27-10-13-9-15(20)6-7-16(13)21)26-18(25-11)12-2-4-14(5-3-12)19(22,23)24/h2-9H,10H2,1H3. The first kappa shape index (κ1) is 18.8. The van der Waals surface area contributed by atoms with Crippen LogP contribution < -0.4 is 4.74 Å². The number of benzene rings is 2. The Morgan fingerprint density at radius 3 is 2.30 bits per heavy atom. The Morgan fingerprint density at radius 1 is 0.926 bits per heavy atom. The van der Waals surface area contributed by atoms with Crippen LogP contribution in [0, 0.1) is 18.6 Å². The molecule has 27 heavy (non-hydrogen) atoms. The van der Waals surface area contributed by atoms with E-state index in [1.54, 1.807) is 6.92 Å². The van der Waals surface area contributed by atoms with Gasteiger partial charge in [-0.2, -0.15) is 18.2 Å². The number of aryl methyl sites for hydroxylation is 1. The normalized spacial score (nSPS) is 11.5. The summed E-state index contributed by atoms with van der Waals surface area (Å²) >= 11 is 0. The molecule has 1 aromatic heterocycles. The lowest BCUT2D eigenvalue weighted by Crippen LogP contribution is -2.05.